The van der Waals surface area contributed by atoms with E-state index in [1.54, 1.807) is 24.5 Å². The second-order valence-corrected chi connectivity index (χ2v) is 10.3. The Morgan fingerprint density at radius 2 is 1.90 bits per heavy atom. The Balaban J connectivity index is 1.74. The molecule has 0 atom stereocenters. The Labute approximate surface area is 247 Å². The van der Waals surface area contributed by atoms with Crippen molar-refractivity contribution in [3.05, 3.63) is 124 Å². The molecule has 1 aliphatic rings. The molecule has 1 aliphatic carbocycles. The molecule has 0 unspecified atom stereocenters. The topological polar surface area (TPSA) is 78.7 Å². The highest BCUT2D eigenvalue weighted by molar-refractivity contribution is 6.33. The molecule has 0 radical (unpaired) electrons. The Bertz CT molecular complexity index is 1590. The van der Waals surface area contributed by atoms with Gasteiger partial charge in [-0.3, -0.25) is 9.79 Å². The van der Waals surface area contributed by atoms with Gasteiger partial charge in [-0.15, -0.1) is 0 Å². The molecule has 7 heteroatoms. The predicted molar refractivity (Wildman–Crippen MR) is 174 cm³/mol. The number of aliphatic imine (C=N–C) groups is 2. The number of nitrogens with one attached hydrogen (secondary N) is 2. The van der Waals surface area contributed by atoms with Crippen molar-refractivity contribution < 1.29 is 4.79 Å². The molecule has 0 aliphatic heterocycles. The first-order valence-corrected chi connectivity index (χ1v) is 13.8. The number of aromatic nitrogens is 1. The van der Waals surface area contributed by atoms with E-state index in [9.17, 15) is 4.79 Å². The van der Waals surface area contributed by atoms with E-state index in [2.05, 4.69) is 57.1 Å². The number of hydrogen-bond donors (Lipinski definition) is 2. The summed E-state index contributed by atoms with van der Waals surface area (Å²) in [5.41, 5.74) is 8.06. The third kappa shape index (κ3) is 7.56. The van der Waals surface area contributed by atoms with E-state index >= 15 is 0 Å². The van der Waals surface area contributed by atoms with Gasteiger partial charge in [0.15, 0.2) is 0 Å². The van der Waals surface area contributed by atoms with Gasteiger partial charge in [-0.1, -0.05) is 48.5 Å². The minimum atomic E-state index is -0.270. The molecule has 208 valence electrons. The SMILES string of the molecule is C=Cc1cccc(/C(C)=C/C(=C(NC)\C(C)=C\N=C/N=C)c2ccc(C(=O)Nc3cc(C4CC4)ccn3)cc2Cl)c1. The first-order chi connectivity index (χ1) is 19.8. The maximum Gasteiger partial charge on any atom is 0.256 e. The van der Waals surface area contributed by atoms with Crippen molar-refractivity contribution >= 4 is 53.6 Å². The van der Waals surface area contributed by atoms with Gasteiger partial charge in [-0.2, -0.15) is 0 Å². The van der Waals surface area contributed by atoms with Crippen LogP contribution in [0.1, 0.15) is 65.2 Å². The molecule has 2 N–H and O–H groups in total. The van der Waals surface area contributed by atoms with Crippen LogP contribution < -0.4 is 10.6 Å². The third-order valence-corrected chi connectivity index (χ3v) is 7.18. The molecule has 6 nitrogen and oxygen atoms in total. The van der Waals surface area contributed by atoms with E-state index < -0.39 is 0 Å². The third-order valence-electron chi connectivity index (χ3n) is 6.86. The van der Waals surface area contributed by atoms with Gasteiger partial charge >= 0.3 is 0 Å². The van der Waals surface area contributed by atoms with Crippen LogP contribution in [0.3, 0.4) is 0 Å². The lowest BCUT2D eigenvalue weighted by atomic mass is 9.94. The molecular formula is C34H34ClN5O. The van der Waals surface area contributed by atoms with Crippen molar-refractivity contribution in [3.63, 3.8) is 0 Å². The molecule has 0 spiro atoms. The molecule has 4 rings (SSSR count). The number of nitrogens with zero attached hydrogens (tertiary/aromatic N) is 3. The minimum absolute atomic E-state index is 0.270. The van der Waals surface area contributed by atoms with E-state index in [1.165, 1.54) is 24.7 Å². The Morgan fingerprint density at radius 1 is 1.10 bits per heavy atom. The average molecular weight is 564 g/mol. The molecule has 2 aromatic carbocycles. The summed E-state index contributed by atoms with van der Waals surface area (Å²) in [6, 6.07) is 17.4. The normalized spacial score (nSPS) is 14.4. The summed E-state index contributed by atoms with van der Waals surface area (Å²) < 4.78 is 0. The zero-order valence-corrected chi connectivity index (χ0v) is 24.4. The highest BCUT2D eigenvalue weighted by Gasteiger charge is 2.24. The van der Waals surface area contributed by atoms with Crippen LogP contribution in [0.2, 0.25) is 5.02 Å². The van der Waals surface area contributed by atoms with Gasteiger partial charge in [0.2, 0.25) is 0 Å². The summed E-state index contributed by atoms with van der Waals surface area (Å²) >= 11 is 6.88. The highest BCUT2D eigenvalue weighted by Crippen LogP contribution is 2.40. The zero-order chi connectivity index (χ0) is 29.4. The van der Waals surface area contributed by atoms with Crippen LogP contribution in [0.5, 0.6) is 0 Å². The van der Waals surface area contributed by atoms with Crippen LogP contribution in [0.4, 0.5) is 5.82 Å². The van der Waals surface area contributed by atoms with Crippen molar-refractivity contribution in [3.8, 4) is 0 Å². The molecule has 1 saturated carbocycles. The molecular weight excluding hydrogens is 530 g/mol. The first kappa shape index (κ1) is 29.4. The molecule has 3 aromatic rings. The standard InChI is InChI=1S/C34H34ClN5O/c1-6-24-8-7-9-26(17-24)22(2)16-30(33(37-5)23(3)20-38-21-36-4)29-13-12-28(18-31(29)35)34(41)40-32-19-27(14-15-39-32)25-10-11-25/h6-9,12-21,25,37H,1,4,10-11H2,2-3,5H3,(H,39,40,41)/b22-16+,23-20+,33-30-,38-21-. The quantitative estimate of drug-likeness (QED) is 0.140. The molecule has 0 saturated heterocycles. The molecule has 0 bridgehead atoms. The molecule has 1 heterocycles. The van der Waals surface area contributed by atoms with E-state index in [0.29, 0.717) is 22.3 Å². The number of pyridine rings is 1. The van der Waals surface area contributed by atoms with E-state index in [-0.39, 0.29) is 5.91 Å². The highest BCUT2D eigenvalue weighted by atomic mass is 35.5. The average Bonchev–Trinajstić information content (AvgIpc) is 3.83. The van der Waals surface area contributed by atoms with Crippen LogP contribution in [-0.2, 0) is 0 Å². The van der Waals surface area contributed by atoms with Gasteiger partial charge in [0.05, 0.1) is 0 Å². The molecule has 1 amide bonds. The van der Waals surface area contributed by atoms with Crippen molar-refractivity contribution in [2.24, 2.45) is 9.98 Å². The smallest absolute Gasteiger partial charge is 0.256 e. The fourth-order valence-electron chi connectivity index (χ4n) is 4.55. The minimum Gasteiger partial charge on any atom is -0.387 e. The summed E-state index contributed by atoms with van der Waals surface area (Å²) in [5.74, 6) is 0.836. The van der Waals surface area contributed by atoms with Gasteiger partial charge in [-0.05, 0) is 104 Å². The van der Waals surface area contributed by atoms with Crippen molar-refractivity contribution in [1.29, 1.82) is 0 Å². The number of hydrogen-bond acceptors (Lipinski definition) is 4. The van der Waals surface area contributed by atoms with Crippen LogP contribution in [0, 0.1) is 0 Å². The fraction of sp³-hybridized carbons (Fsp3) is 0.176. The maximum absolute atomic E-state index is 13.1. The van der Waals surface area contributed by atoms with Gasteiger partial charge in [0.25, 0.3) is 5.91 Å². The lowest BCUT2D eigenvalue weighted by Crippen LogP contribution is -2.14. The number of carbonyl (C=O) groups excluding carboxylic acids is 1. The number of anilines is 1. The number of likely N-dealkylation sites (N-methyl/N-ethyl adjacent to an activating group) is 1. The number of rotatable bonds is 11. The van der Waals surface area contributed by atoms with Gasteiger partial charge < -0.3 is 10.6 Å². The predicted octanol–water partition coefficient (Wildman–Crippen LogP) is 8.17. The maximum atomic E-state index is 13.1. The van der Waals surface area contributed by atoms with Crippen LogP contribution >= 0.6 is 11.6 Å². The van der Waals surface area contributed by atoms with Crippen LogP contribution in [0.25, 0.3) is 17.2 Å². The lowest BCUT2D eigenvalue weighted by Gasteiger charge is -2.17. The summed E-state index contributed by atoms with van der Waals surface area (Å²) in [6.07, 6.45) is 11.1. The Hall–Kier alpha value is -4.55. The van der Waals surface area contributed by atoms with E-state index in [0.717, 1.165) is 39.1 Å². The first-order valence-electron chi connectivity index (χ1n) is 13.4. The number of carbonyl (C=O) groups is 1. The number of benzene rings is 2. The van der Waals surface area contributed by atoms with Crippen molar-refractivity contribution in [2.45, 2.75) is 32.6 Å². The summed E-state index contributed by atoms with van der Waals surface area (Å²) in [4.78, 5) is 25.3. The molecule has 41 heavy (non-hydrogen) atoms. The number of amides is 1. The van der Waals surface area contributed by atoms with E-state index in [1.807, 2.05) is 57.3 Å². The van der Waals surface area contributed by atoms with Crippen LogP contribution in [0.15, 0.2) is 101 Å². The van der Waals surface area contributed by atoms with Gasteiger partial charge in [-0.25, -0.2) is 9.98 Å². The molecule has 1 fully saturated rings. The van der Waals surface area contributed by atoms with Gasteiger partial charge in [0, 0.05) is 46.9 Å². The second kappa shape index (κ2) is 13.7. The number of allylic oxidation sites excluding steroid dienone is 4. The van der Waals surface area contributed by atoms with Crippen molar-refractivity contribution in [1.82, 2.24) is 10.3 Å². The van der Waals surface area contributed by atoms with Crippen LogP contribution in [-0.4, -0.2) is 31.0 Å². The second-order valence-electron chi connectivity index (χ2n) is 9.85. The number of halogens is 1. The Morgan fingerprint density at radius 3 is 2.59 bits per heavy atom. The monoisotopic (exact) mass is 563 g/mol. The van der Waals surface area contributed by atoms with E-state index in [4.69, 9.17) is 11.6 Å². The largest absolute Gasteiger partial charge is 0.387 e. The summed E-state index contributed by atoms with van der Waals surface area (Å²) in [6.45, 7) is 11.3. The Kier molecular flexibility index (Phi) is 9.82. The van der Waals surface area contributed by atoms with Gasteiger partial charge in [0.1, 0.15) is 12.2 Å². The molecule has 1 aromatic heterocycles. The lowest BCUT2D eigenvalue weighted by molar-refractivity contribution is 0.102. The summed E-state index contributed by atoms with van der Waals surface area (Å²) in [7, 11) is 1.85. The zero-order valence-electron chi connectivity index (χ0n) is 23.6. The fourth-order valence-corrected chi connectivity index (χ4v) is 4.83. The van der Waals surface area contributed by atoms with Crippen molar-refractivity contribution in [2.75, 3.05) is 12.4 Å². The summed E-state index contributed by atoms with van der Waals surface area (Å²) in [5, 5.41) is 6.66.